The molecule has 2 amide bonds. The van der Waals surface area contributed by atoms with Gasteiger partial charge in [0.1, 0.15) is 6.61 Å². The third-order valence-corrected chi connectivity index (χ3v) is 5.12. The number of likely N-dealkylation sites (tertiary alicyclic amines) is 1. The van der Waals surface area contributed by atoms with Crippen molar-refractivity contribution in [1.82, 2.24) is 24.6 Å². The van der Waals surface area contributed by atoms with Crippen LogP contribution in [0.5, 0.6) is 0 Å². The molecule has 0 N–H and O–H groups in total. The van der Waals surface area contributed by atoms with Crippen LogP contribution in [0.3, 0.4) is 0 Å². The van der Waals surface area contributed by atoms with Crippen LogP contribution in [0.4, 0.5) is 0 Å². The van der Waals surface area contributed by atoms with E-state index in [4.69, 9.17) is 4.74 Å². The van der Waals surface area contributed by atoms with Crippen LogP contribution < -0.4 is 0 Å². The molecule has 3 rings (SSSR count). The van der Waals surface area contributed by atoms with Crippen molar-refractivity contribution < 1.29 is 14.3 Å². The summed E-state index contributed by atoms with van der Waals surface area (Å²) in [4.78, 5) is 33.3. The lowest BCUT2D eigenvalue weighted by Gasteiger charge is -2.39. The molecule has 8 nitrogen and oxygen atoms in total. The molecule has 0 spiro atoms. The molecule has 0 aliphatic carbocycles. The number of amides is 2. The molecule has 1 aliphatic heterocycles. The van der Waals surface area contributed by atoms with E-state index < -0.39 is 0 Å². The molecule has 2 aromatic heterocycles. The summed E-state index contributed by atoms with van der Waals surface area (Å²) in [6, 6.07) is 5.54. The quantitative estimate of drug-likeness (QED) is 0.751. The Morgan fingerprint density at radius 3 is 2.86 bits per heavy atom. The Bertz CT molecular complexity index is 801. The Kier molecular flexibility index (Phi) is 6.41. The fourth-order valence-electron chi connectivity index (χ4n) is 3.54. The average molecular weight is 385 g/mol. The van der Waals surface area contributed by atoms with Gasteiger partial charge < -0.3 is 14.5 Å². The van der Waals surface area contributed by atoms with Crippen molar-refractivity contribution in [2.75, 3.05) is 26.8 Å². The number of methoxy groups -OCH3 is 1. The molecule has 0 radical (unpaired) electrons. The Labute approximate surface area is 165 Å². The van der Waals surface area contributed by atoms with Crippen LogP contribution in [0.2, 0.25) is 0 Å². The molecule has 1 aliphatic rings. The number of hydrogen-bond donors (Lipinski definition) is 0. The predicted octanol–water partition coefficient (Wildman–Crippen LogP) is 1.40. The average Bonchev–Trinajstić information content (AvgIpc) is 3.05. The Morgan fingerprint density at radius 2 is 2.21 bits per heavy atom. The number of hydrogen-bond acceptors (Lipinski definition) is 5. The van der Waals surface area contributed by atoms with Crippen LogP contribution in [0.1, 0.15) is 34.6 Å². The zero-order valence-corrected chi connectivity index (χ0v) is 16.7. The number of rotatable bonds is 6. The molecule has 1 atom stereocenters. The maximum absolute atomic E-state index is 12.9. The highest BCUT2D eigenvalue weighted by Crippen LogP contribution is 2.20. The third kappa shape index (κ3) is 4.56. The first-order valence-electron chi connectivity index (χ1n) is 9.47. The third-order valence-electron chi connectivity index (χ3n) is 5.12. The normalized spacial score (nSPS) is 16.8. The number of carbonyl (C=O) groups is 2. The standard InChI is InChI=1S/C20H27N5O3/c1-15-10-18(22-23(15)2)20(27)24-9-5-7-17(13-24)25(19(26)14-28-3)12-16-6-4-8-21-11-16/h4,6,8,10-11,17H,5,7,9,12-14H2,1-3H3. The monoisotopic (exact) mass is 385 g/mol. The lowest BCUT2D eigenvalue weighted by atomic mass is 10.0. The van der Waals surface area contributed by atoms with Crippen LogP contribution in [0.25, 0.3) is 0 Å². The zero-order chi connectivity index (χ0) is 20.1. The fraction of sp³-hybridized carbons (Fsp3) is 0.500. The minimum Gasteiger partial charge on any atom is -0.375 e. The molecule has 0 bridgehead atoms. The lowest BCUT2D eigenvalue weighted by Crippen LogP contribution is -2.52. The van der Waals surface area contributed by atoms with Gasteiger partial charge in [0.05, 0.1) is 0 Å². The second-order valence-corrected chi connectivity index (χ2v) is 7.16. The Hall–Kier alpha value is -2.74. The molecule has 1 saturated heterocycles. The van der Waals surface area contributed by atoms with Crippen molar-refractivity contribution in [2.45, 2.75) is 32.4 Å². The summed E-state index contributed by atoms with van der Waals surface area (Å²) >= 11 is 0. The topological polar surface area (TPSA) is 80.6 Å². The van der Waals surface area contributed by atoms with Gasteiger partial charge in [-0.05, 0) is 37.5 Å². The van der Waals surface area contributed by atoms with Crippen molar-refractivity contribution in [3.63, 3.8) is 0 Å². The summed E-state index contributed by atoms with van der Waals surface area (Å²) in [5, 5.41) is 4.30. The fourth-order valence-corrected chi connectivity index (χ4v) is 3.54. The van der Waals surface area contributed by atoms with Crippen LogP contribution in [0.15, 0.2) is 30.6 Å². The summed E-state index contributed by atoms with van der Waals surface area (Å²) in [5.74, 6) is -0.173. The summed E-state index contributed by atoms with van der Waals surface area (Å²) in [6.07, 6.45) is 5.16. The van der Waals surface area contributed by atoms with Gasteiger partial charge >= 0.3 is 0 Å². The van der Waals surface area contributed by atoms with E-state index in [1.807, 2.05) is 31.0 Å². The summed E-state index contributed by atoms with van der Waals surface area (Å²) in [6.45, 7) is 3.55. The smallest absolute Gasteiger partial charge is 0.274 e. The molecular formula is C20H27N5O3. The van der Waals surface area contributed by atoms with Crippen molar-refractivity contribution in [1.29, 1.82) is 0 Å². The van der Waals surface area contributed by atoms with E-state index in [9.17, 15) is 9.59 Å². The highest BCUT2D eigenvalue weighted by Gasteiger charge is 2.31. The summed E-state index contributed by atoms with van der Waals surface area (Å²) in [7, 11) is 3.34. The Balaban J connectivity index is 1.76. The van der Waals surface area contributed by atoms with Gasteiger partial charge in [-0.3, -0.25) is 19.3 Å². The maximum atomic E-state index is 12.9. The van der Waals surface area contributed by atoms with Gasteiger partial charge in [-0.1, -0.05) is 6.07 Å². The van der Waals surface area contributed by atoms with E-state index in [1.54, 1.807) is 28.0 Å². The van der Waals surface area contributed by atoms with Crippen LogP contribution in [-0.2, 0) is 23.1 Å². The molecule has 0 saturated carbocycles. The van der Waals surface area contributed by atoms with Gasteiger partial charge in [0.25, 0.3) is 5.91 Å². The first-order chi connectivity index (χ1) is 13.5. The molecule has 1 unspecified atom stereocenters. The van der Waals surface area contributed by atoms with Gasteiger partial charge in [-0.25, -0.2) is 0 Å². The number of aromatic nitrogens is 3. The summed E-state index contributed by atoms with van der Waals surface area (Å²) < 4.78 is 6.77. The number of piperidine rings is 1. The molecule has 150 valence electrons. The minimum atomic E-state index is -0.0890. The van der Waals surface area contributed by atoms with Crippen LogP contribution in [0, 0.1) is 6.92 Å². The van der Waals surface area contributed by atoms with Crippen molar-refractivity contribution in [2.24, 2.45) is 7.05 Å². The number of ether oxygens (including phenoxy) is 1. The molecule has 0 aromatic carbocycles. The van der Waals surface area contributed by atoms with E-state index in [-0.39, 0.29) is 24.5 Å². The molecular weight excluding hydrogens is 358 g/mol. The van der Waals surface area contributed by atoms with Gasteiger partial charge in [-0.2, -0.15) is 5.10 Å². The largest absolute Gasteiger partial charge is 0.375 e. The van der Waals surface area contributed by atoms with Gasteiger partial charge in [0, 0.05) is 57.9 Å². The van der Waals surface area contributed by atoms with Crippen LogP contribution in [-0.4, -0.2) is 69.2 Å². The number of aryl methyl sites for hydroxylation is 2. The first-order valence-corrected chi connectivity index (χ1v) is 9.47. The van der Waals surface area contributed by atoms with E-state index in [0.717, 1.165) is 24.1 Å². The lowest BCUT2D eigenvalue weighted by molar-refractivity contribution is -0.139. The molecule has 2 aromatic rings. The summed E-state index contributed by atoms with van der Waals surface area (Å²) in [5.41, 5.74) is 2.34. The van der Waals surface area contributed by atoms with Crippen LogP contribution >= 0.6 is 0 Å². The number of nitrogens with zero attached hydrogens (tertiary/aromatic N) is 5. The van der Waals surface area contributed by atoms with E-state index in [0.29, 0.717) is 25.3 Å². The zero-order valence-electron chi connectivity index (χ0n) is 16.7. The van der Waals surface area contributed by atoms with E-state index in [1.165, 1.54) is 7.11 Å². The molecule has 3 heterocycles. The second-order valence-electron chi connectivity index (χ2n) is 7.16. The first kappa shape index (κ1) is 20.0. The minimum absolute atomic E-state index is 0.0180. The second kappa shape index (κ2) is 8.97. The molecule has 1 fully saturated rings. The van der Waals surface area contributed by atoms with Gasteiger partial charge in [-0.15, -0.1) is 0 Å². The highest BCUT2D eigenvalue weighted by molar-refractivity contribution is 5.92. The van der Waals surface area contributed by atoms with Crippen molar-refractivity contribution in [3.8, 4) is 0 Å². The van der Waals surface area contributed by atoms with Crippen molar-refractivity contribution >= 4 is 11.8 Å². The Morgan fingerprint density at radius 1 is 1.39 bits per heavy atom. The number of pyridine rings is 1. The SMILES string of the molecule is COCC(=O)N(Cc1cccnc1)C1CCCN(C(=O)c2cc(C)n(C)n2)C1. The molecule has 8 heteroatoms. The maximum Gasteiger partial charge on any atom is 0.274 e. The molecule has 28 heavy (non-hydrogen) atoms. The highest BCUT2D eigenvalue weighted by atomic mass is 16.5. The number of carbonyl (C=O) groups excluding carboxylic acids is 2. The predicted molar refractivity (Wildman–Crippen MR) is 104 cm³/mol. The van der Waals surface area contributed by atoms with E-state index >= 15 is 0 Å². The van der Waals surface area contributed by atoms with Gasteiger partial charge in [0.15, 0.2) is 5.69 Å². The van der Waals surface area contributed by atoms with Crippen molar-refractivity contribution in [3.05, 3.63) is 47.5 Å². The van der Waals surface area contributed by atoms with Gasteiger partial charge in [0.2, 0.25) is 5.91 Å². The van der Waals surface area contributed by atoms with E-state index in [2.05, 4.69) is 10.1 Å².